The molecule has 2 fully saturated rings. The van der Waals surface area contributed by atoms with Crippen LogP contribution in [0.4, 0.5) is 22.8 Å². The predicted octanol–water partition coefficient (Wildman–Crippen LogP) is 4.07. The maximum Gasteiger partial charge on any atom is 0.419 e. The lowest BCUT2D eigenvalue weighted by atomic mass is 9.84. The molecule has 2 N–H and O–H groups in total. The maximum atomic E-state index is 13.7. The molecular formula is C25H28F3N3O4. The highest BCUT2D eigenvalue weighted by atomic mass is 19.2. The number of amides is 3. The number of carbonyl (C=O) groups excluding carboxylic acids is 2. The summed E-state index contributed by atoms with van der Waals surface area (Å²) in [4.78, 5) is 28.0. The van der Waals surface area contributed by atoms with Crippen molar-refractivity contribution in [2.24, 2.45) is 0 Å². The van der Waals surface area contributed by atoms with E-state index in [-0.39, 0.29) is 11.4 Å². The van der Waals surface area contributed by atoms with Gasteiger partial charge in [-0.25, -0.2) is 27.7 Å². The van der Waals surface area contributed by atoms with E-state index in [1.807, 2.05) is 0 Å². The number of likely N-dealkylation sites (tertiary alicyclic amines) is 1. The second-order valence-electron chi connectivity index (χ2n) is 9.04. The summed E-state index contributed by atoms with van der Waals surface area (Å²) >= 11 is 0. The second-order valence-corrected chi connectivity index (χ2v) is 9.04. The van der Waals surface area contributed by atoms with Crippen LogP contribution in [-0.4, -0.2) is 59.3 Å². The highest BCUT2D eigenvalue weighted by molar-refractivity contribution is 5.93. The fraction of sp³-hybridized carbons (Fsp3) is 0.440. The molecule has 2 saturated heterocycles. The third-order valence-corrected chi connectivity index (χ3v) is 6.70. The van der Waals surface area contributed by atoms with Crippen LogP contribution in [0.1, 0.15) is 43.4 Å². The Morgan fingerprint density at radius 1 is 1.11 bits per heavy atom. The smallest absolute Gasteiger partial charge is 0.419 e. The van der Waals surface area contributed by atoms with E-state index in [1.165, 1.54) is 18.2 Å². The van der Waals surface area contributed by atoms with Crippen LogP contribution in [0, 0.1) is 17.5 Å². The van der Waals surface area contributed by atoms with Gasteiger partial charge >= 0.3 is 12.1 Å². The molecule has 0 spiro atoms. The van der Waals surface area contributed by atoms with Crippen molar-refractivity contribution in [3.63, 3.8) is 0 Å². The summed E-state index contributed by atoms with van der Waals surface area (Å²) in [7, 11) is 0. The average Bonchev–Trinajstić information content (AvgIpc) is 3.13. The molecule has 2 aliphatic rings. The molecule has 0 bridgehead atoms. The van der Waals surface area contributed by atoms with Gasteiger partial charge in [-0.05, 0) is 68.1 Å². The molecule has 2 aromatic rings. The molecule has 188 valence electrons. The van der Waals surface area contributed by atoms with Gasteiger partial charge in [0.1, 0.15) is 18.0 Å². The van der Waals surface area contributed by atoms with Gasteiger partial charge in [0.15, 0.2) is 11.6 Å². The summed E-state index contributed by atoms with van der Waals surface area (Å²) < 4.78 is 45.4. The molecule has 0 saturated carbocycles. The number of ether oxygens (including phenoxy) is 1. The Kier molecular flexibility index (Phi) is 7.32. The predicted molar refractivity (Wildman–Crippen MR) is 121 cm³/mol. The summed E-state index contributed by atoms with van der Waals surface area (Å²) in [5, 5.41) is 13.6. The Morgan fingerprint density at radius 2 is 1.80 bits per heavy atom. The SMILES string of the molecule is C[C@@H]1OC(=O)N(C(=O)NCCCN2CCC(O)(c3ccc(F)cc3)CC2)[C@H]1c1ccc(F)c(F)c1. The molecule has 2 heterocycles. The standard InChI is InChI=1S/C25H28F3N3O4/c1-16-22(17-3-8-20(27)21(28)15-17)31(24(33)35-16)23(32)29-11-2-12-30-13-9-25(34,10-14-30)18-4-6-19(26)7-5-18/h3-8,15-16,22,34H,2,9-14H2,1H3,(H,29,32)/t16-,22+/m0/s1. The van der Waals surface area contributed by atoms with Crippen LogP contribution in [0.2, 0.25) is 0 Å². The molecule has 7 nitrogen and oxygen atoms in total. The summed E-state index contributed by atoms with van der Waals surface area (Å²) in [5.41, 5.74) is -0.0208. The quantitative estimate of drug-likeness (QED) is 0.596. The summed E-state index contributed by atoms with van der Waals surface area (Å²) in [6.07, 6.45) is 0.0680. The number of hydrogen-bond acceptors (Lipinski definition) is 5. The van der Waals surface area contributed by atoms with Gasteiger partial charge in [0.25, 0.3) is 0 Å². The number of cyclic esters (lactones) is 1. The molecule has 2 atom stereocenters. The van der Waals surface area contributed by atoms with E-state index in [1.54, 1.807) is 19.1 Å². The van der Waals surface area contributed by atoms with Crippen molar-refractivity contribution < 1.29 is 32.6 Å². The average molecular weight is 492 g/mol. The molecule has 2 aromatic carbocycles. The molecule has 0 aliphatic carbocycles. The normalized spacial score (nSPS) is 22.2. The van der Waals surface area contributed by atoms with E-state index in [0.29, 0.717) is 51.0 Å². The molecule has 35 heavy (non-hydrogen) atoms. The molecular weight excluding hydrogens is 463 g/mol. The molecule has 0 unspecified atom stereocenters. The largest absolute Gasteiger partial charge is 0.443 e. The number of benzene rings is 2. The highest BCUT2D eigenvalue weighted by Gasteiger charge is 2.44. The zero-order valence-electron chi connectivity index (χ0n) is 19.3. The minimum atomic E-state index is -1.07. The molecule has 0 radical (unpaired) electrons. The topological polar surface area (TPSA) is 82.1 Å². The second kappa shape index (κ2) is 10.2. The van der Waals surface area contributed by atoms with E-state index >= 15 is 0 Å². The van der Waals surface area contributed by atoms with Crippen molar-refractivity contribution in [1.29, 1.82) is 0 Å². The van der Waals surface area contributed by atoms with Gasteiger partial charge in [-0.2, -0.15) is 0 Å². The monoisotopic (exact) mass is 491 g/mol. The van der Waals surface area contributed by atoms with Crippen LogP contribution in [0.25, 0.3) is 0 Å². The first kappa shape index (κ1) is 25.0. The summed E-state index contributed by atoms with van der Waals surface area (Å²) in [6.45, 7) is 3.85. The maximum absolute atomic E-state index is 13.7. The number of hydrogen-bond donors (Lipinski definition) is 2. The van der Waals surface area contributed by atoms with E-state index in [4.69, 9.17) is 4.74 Å². The first-order valence-electron chi connectivity index (χ1n) is 11.6. The van der Waals surface area contributed by atoms with E-state index < -0.39 is 41.5 Å². The molecule has 4 rings (SSSR count). The number of rotatable bonds is 6. The van der Waals surface area contributed by atoms with Crippen molar-refractivity contribution in [3.05, 3.63) is 71.0 Å². The lowest BCUT2D eigenvalue weighted by Crippen LogP contribution is -2.45. The number of urea groups is 1. The third kappa shape index (κ3) is 5.43. The molecule has 3 amide bonds. The number of imide groups is 1. The van der Waals surface area contributed by atoms with E-state index in [0.717, 1.165) is 17.0 Å². The molecule has 2 aliphatic heterocycles. The molecule has 10 heteroatoms. The third-order valence-electron chi connectivity index (χ3n) is 6.70. The Hall–Kier alpha value is -3.11. The zero-order valence-corrected chi connectivity index (χ0v) is 19.3. The lowest BCUT2D eigenvalue weighted by molar-refractivity contribution is -0.0259. The minimum absolute atomic E-state index is 0.263. The number of carbonyl (C=O) groups is 2. The highest BCUT2D eigenvalue weighted by Crippen LogP contribution is 2.34. The van der Waals surface area contributed by atoms with Gasteiger partial charge in [-0.3, -0.25) is 0 Å². The number of nitrogens with one attached hydrogen (secondary N) is 1. The number of aliphatic hydroxyl groups is 1. The summed E-state index contributed by atoms with van der Waals surface area (Å²) in [5.74, 6) is -2.43. The van der Waals surface area contributed by atoms with E-state index in [2.05, 4.69) is 10.2 Å². The Labute approximate surface area is 201 Å². The first-order chi connectivity index (χ1) is 16.7. The number of piperidine rings is 1. The van der Waals surface area contributed by atoms with Crippen molar-refractivity contribution >= 4 is 12.1 Å². The van der Waals surface area contributed by atoms with Crippen LogP contribution in [0.5, 0.6) is 0 Å². The van der Waals surface area contributed by atoms with Crippen LogP contribution in [0.15, 0.2) is 42.5 Å². The lowest BCUT2D eigenvalue weighted by Gasteiger charge is -2.38. The fourth-order valence-corrected chi connectivity index (χ4v) is 4.71. The van der Waals surface area contributed by atoms with Crippen molar-refractivity contribution in [2.75, 3.05) is 26.2 Å². The van der Waals surface area contributed by atoms with Gasteiger partial charge in [-0.15, -0.1) is 0 Å². The van der Waals surface area contributed by atoms with Gasteiger partial charge in [0.2, 0.25) is 0 Å². The van der Waals surface area contributed by atoms with Crippen molar-refractivity contribution in [1.82, 2.24) is 15.1 Å². The first-order valence-corrected chi connectivity index (χ1v) is 11.6. The van der Waals surface area contributed by atoms with Crippen molar-refractivity contribution in [3.8, 4) is 0 Å². The fourth-order valence-electron chi connectivity index (χ4n) is 4.71. The molecule has 0 aromatic heterocycles. The van der Waals surface area contributed by atoms with Crippen molar-refractivity contribution in [2.45, 2.75) is 43.9 Å². The van der Waals surface area contributed by atoms with Crippen LogP contribution in [0.3, 0.4) is 0 Å². The minimum Gasteiger partial charge on any atom is -0.443 e. The van der Waals surface area contributed by atoms with Gasteiger partial charge < -0.3 is 20.1 Å². The number of nitrogens with zero attached hydrogens (tertiary/aromatic N) is 2. The van der Waals surface area contributed by atoms with Crippen LogP contribution in [-0.2, 0) is 10.3 Å². The van der Waals surface area contributed by atoms with Crippen LogP contribution < -0.4 is 5.32 Å². The van der Waals surface area contributed by atoms with E-state index in [9.17, 15) is 27.9 Å². The zero-order chi connectivity index (χ0) is 25.2. The Morgan fingerprint density at radius 3 is 2.46 bits per heavy atom. The Balaban J connectivity index is 1.26. The summed E-state index contributed by atoms with van der Waals surface area (Å²) in [6, 6.07) is 7.60. The number of halogens is 3. The van der Waals surface area contributed by atoms with Gasteiger partial charge in [0, 0.05) is 19.6 Å². The van der Waals surface area contributed by atoms with Gasteiger partial charge in [-0.1, -0.05) is 18.2 Å². The van der Waals surface area contributed by atoms with Gasteiger partial charge in [0.05, 0.1) is 5.60 Å². The van der Waals surface area contributed by atoms with Crippen LogP contribution >= 0.6 is 0 Å². The Bertz CT molecular complexity index is 1070.